The summed E-state index contributed by atoms with van der Waals surface area (Å²) in [5, 5.41) is 0. The molecule has 0 bridgehead atoms. The maximum Gasteiger partial charge on any atom is 0.133 e. The molecular formula is C13H26OS. The summed E-state index contributed by atoms with van der Waals surface area (Å²) in [6.07, 6.45) is 0.991. The second kappa shape index (κ2) is 5.38. The van der Waals surface area contributed by atoms with Gasteiger partial charge in [0.05, 0.1) is 0 Å². The van der Waals surface area contributed by atoms with Crippen molar-refractivity contribution in [1.82, 2.24) is 0 Å². The Morgan fingerprint density at radius 2 is 1.60 bits per heavy atom. The maximum absolute atomic E-state index is 11.5. The first-order valence-electron chi connectivity index (χ1n) is 5.66. The van der Waals surface area contributed by atoms with E-state index in [9.17, 15) is 4.79 Å². The molecule has 0 heterocycles. The van der Waals surface area contributed by atoms with E-state index < -0.39 is 0 Å². The van der Waals surface area contributed by atoms with Crippen molar-refractivity contribution in [3.05, 3.63) is 0 Å². The Morgan fingerprint density at radius 3 is 1.87 bits per heavy atom. The van der Waals surface area contributed by atoms with Crippen LogP contribution in [0, 0.1) is 11.3 Å². The van der Waals surface area contributed by atoms with Crippen molar-refractivity contribution < 1.29 is 4.79 Å². The fourth-order valence-electron chi connectivity index (χ4n) is 1.41. The van der Waals surface area contributed by atoms with Crippen LogP contribution in [0.4, 0.5) is 0 Å². The second-order valence-electron chi connectivity index (χ2n) is 6.50. The minimum absolute atomic E-state index is 0.217. The highest BCUT2D eigenvalue weighted by molar-refractivity contribution is 8.00. The molecule has 0 aliphatic carbocycles. The van der Waals surface area contributed by atoms with Crippen molar-refractivity contribution in [2.24, 2.45) is 11.3 Å². The van der Waals surface area contributed by atoms with Crippen molar-refractivity contribution in [1.29, 1.82) is 0 Å². The number of hydrogen-bond acceptors (Lipinski definition) is 2. The smallest absolute Gasteiger partial charge is 0.133 e. The molecule has 0 N–H and O–H groups in total. The minimum Gasteiger partial charge on any atom is -0.300 e. The molecule has 0 spiro atoms. The van der Waals surface area contributed by atoms with Crippen LogP contribution in [-0.2, 0) is 4.79 Å². The largest absolute Gasteiger partial charge is 0.300 e. The van der Waals surface area contributed by atoms with E-state index in [2.05, 4.69) is 41.5 Å². The topological polar surface area (TPSA) is 17.1 Å². The van der Waals surface area contributed by atoms with Gasteiger partial charge < -0.3 is 0 Å². The molecule has 0 amide bonds. The van der Waals surface area contributed by atoms with E-state index in [4.69, 9.17) is 0 Å². The van der Waals surface area contributed by atoms with Gasteiger partial charge in [-0.05, 0) is 18.8 Å². The van der Waals surface area contributed by atoms with Crippen LogP contribution < -0.4 is 0 Å². The molecule has 0 aromatic carbocycles. The molecule has 0 aliphatic rings. The Balaban J connectivity index is 4.25. The van der Waals surface area contributed by atoms with Crippen molar-refractivity contribution in [2.45, 2.75) is 59.6 Å². The molecule has 0 aliphatic heterocycles. The van der Waals surface area contributed by atoms with Crippen molar-refractivity contribution in [2.75, 3.05) is 5.75 Å². The molecule has 0 saturated heterocycles. The summed E-state index contributed by atoms with van der Waals surface area (Å²) in [5.41, 5.74) is 0.245. The zero-order valence-corrected chi connectivity index (χ0v) is 12.1. The lowest BCUT2D eigenvalue weighted by Gasteiger charge is -2.26. The second-order valence-corrected chi connectivity index (χ2v) is 8.34. The lowest BCUT2D eigenvalue weighted by molar-refractivity contribution is -0.120. The van der Waals surface area contributed by atoms with Crippen LogP contribution >= 0.6 is 11.8 Å². The lowest BCUT2D eigenvalue weighted by atomic mass is 9.84. The first kappa shape index (κ1) is 15.0. The van der Waals surface area contributed by atoms with Crippen molar-refractivity contribution in [3.63, 3.8) is 0 Å². The number of hydrogen-bond donors (Lipinski definition) is 0. The number of carbonyl (C=O) groups is 1. The van der Waals surface area contributed by atoms with Crippen LogP contribution in [0.2, 0.25) is 0 Å². The summed E-state index contributed by atoms with van der Waals surface area (Å²) in [6, 6.07) is 0. The highest BCUT2D eigenvalue weighted by Crippen LogP contribution is 2.31. The SMILES string of the molecule is CC(=O)[C@H](CSC(C)(C)C)CC(C)(C)C. The molecule has 0 unspecified atom stereocenters. The van der Waals surface area contributed by atoms with Gasteiger partial charge in [-0.15, -0.1) is 0 Å². The Hall–Kier alpha value is 0.0200. The van der Waals surface area contributed by atoms with Gasteiger partial charge in [-0.3, -0.25) is 4.79 Å². The average Bonchev–Trinajstić information content (AvgIpc) is 1.93. The predicted octanol–water partition coefficient (Wildman–Crippen LogP) is 4.16. The molecule has 0 fully saturated rings. The van der Waals surface area contributed by atoms with Gasteiger partial charge in [-0.2, -0.15) is 11.8 Å². The Morgan fingerprint density at radius 1 is 1.13 bits per heavy atom. The normalized spacial score (nSPS) is 15.1. The van der Waals surface area contributed by atoms with Crippen LogP contribution in [-0.4, -0.2) is 16.3 Å². The Bertz CT molecular complexity index is 208. The highest BCUT2D eigenvalue weighted by Gasteiger charge is 2.24. The summed E-state index contributed by atoms with van der Waals surface area (Å²) in [4.78, 5) is 11.5. The van der Waals surface area contributed by atoms with Gasteiger partial charge in [-0.1, -0.05) is 41.5 Å². The van der Waals surface area contributed by atoms with Crippen LogP contribution in [0.1, 0.15) is 54.9 Å². The molecule has 15 heavy (non-hydrogen) atoms. The van der Waals surface area contributed by atoms with E-state index in [-0.39, 0.29) is 16.1 Å². The maximum atomic E-state index is 11.5. The molecule has 90 valence electrons. The molecule has 1 nitrogen and oxygen atoms in total. The van der Waals surface area contributed by atoms with Gasteiger partial charge in [0.15, 0.2) is 0 Å². The van der Waals surface area contributed by atoms with E-state index in [1.807, 2.05) is 11.8 Å². The average molecular weight is 230 g/mol. The van der Waals surface area contributed by atoms with E-state index in [0.29, 0.717) is 5.78 Å². The third kappa shape index (κ3) is 8.98. The van der Waals surface area contributed by atoms with E-state index in [1.54, 1.807) is 6.92 Å². The zero-order chi connectivity index (χ0) is 12.3. The number of rotatable bonds is 4. The van der Waals surface area contributed by atoms with Crippen molar-refractivity contribution in [3.8, 4) is 0 Å². The quantitative estimate of drug-likeness (QED) is 0.721. The van der Waals surface area contributed by atoms with Crippen LogP contribution in [0.3, 0.4) is 0 Å². The molecule has 1 atom stereocenters. The number of thioether (sulfide) groups is 1. The summed E-state index contributed by atoms with van der Waals surface area (Å²) in [5.74, 6) is 1.51. The van der Waals surface area contributed by atoms with Crippen LogP contribution in [0.5, 0.6) is 0 Å². The summed E-state index contributed by atoms with van der Waals surface area (Å²) in [6.45, 7) is 14.9. The first-order chi connectivity index (χ1) is 6.51. The fraction of sp³-hybridized carbons (Fsp3) is 0.923. The molecule has 0 rings (SSSR count). The zero-order valence-electron chi connectivity index (χ0n) is 11.3. The predicted molar refractivity (Wildman–Crippen MR) is 70.5 cm³/mol. The van der Waals surface area contributed by atoms with E-state index in [0.717, 1.165) is 12.2 Å². The number of ketones is 1. The minimum atomic E-state index is 0.217. The molecule has 0 aromatic rings. The van der Waals surface area contributed by atoms with Gasteiger partial charge in [-0.25, -0.2) is 0 Å². The van der Waals surface area contributed by atoms with Crippen LogP contribution in [0.25, 0.3) is 0 Å². The third-order valence-electron chi connectivity index (χ3n) is 2.15. The molecule has 2 heteroatoms. The molecule has 0 aromatic heterocycles. The van der Waals surface area contributed by atoms with Gasteiger partial charge in [0, 0.05) is 16.4 Å². The van der Waals surface area contributed by atoms with E-state index >= 15 is 0 Å². The first-order valence-corrected chi connectivity index (χ1v) is 6.64. The van der Waals surface area contributed by atoms with E-state index in [1.165, 1.54) is 0 Å². The summed E-state index contributed by atoms with van der Waals surface area (Å²) >= 11 is 1.89. The number of Topliss-reactive ketones (excluding diaryl/α,β-unsaturated/α-hetero) is 1. The summed E-state index contributed by atoms with van der Waals surface area (Å²) < 4.78 is 0.256. The van der Waals surface area contributed by atoms with Gasteiger partial charge in [0.1, 0.15) is 5.78 Å². The molecular weight excluding hydrogens is 204 g/mol. The monoisotopic (exact) mass is 230 g/mol. The third-order valence-corrected chi connectivity index (χ3v) is 3.59. The highest BCUT2D eigenvalue weighted by atomic mass is 32.2. The summed E-state index contributed by atoms with van der Waals surface area (Å²) in [7, 11) is 0. The standard InChI is InChI=1S/C13H26OS/c1-10(14)11(8-12(2,3)4)9-15-13(5,6)7/h11H,8-9H2,1-7H3/t11-/m0/s1. The van der Waals surface area contributed by atoms with Gasteiger partial charge >= 0.3 is 0 Å². The van der Waals surface area contributed by atoms with Gasteiger partial charge in [0.2, 0.25) is 0 Å². The fourth-order valence-corrected chi connectivity index (χ4v) is 2.46. The van der Waals surface area contributed by atoms with Crippen LogP contribution in [0.15, 0.2) is 0 Å². The van der Waals surface area contributed by atoms with Crippen molar-refractivity contribution >= 4 is 17.5 Å². The number of carbonyl (C=O) groups excluding carboxylic acids is 1. The molecule has 0 saturated carbocycles. The molecule has 0 radical (unpaired) electrons. The van der Waals surface area contributed by atoms with Gasteiger partial charge in [0.25, 0.3) is 0 Å². The Kier molecular flexibility index (Phi) is 5.39. The Labute approximate surface area is 99.4 Å². The lowest BCUT2D eigenvalue weighted by Crippen LogP contribution is -2.23.